The van der Waals surface area contributed by atoms with E-state index in [0.717, 1.165) is 13.1 Å². The van der Waals surface area contributed by atoms with Crippen LogP contribution in [0.15, 0.2) is 47.9 Å². The van der Waals surface area contributed by atoms with Crippen LogP contribution in [-0.2, 0) is 9.53 Å². The minimum Gasteiger partial charge on any atom is -0.379 e. The molecule has 0 unspecified atom stereocenters. The van der Waals surface area contributed by atoms with Crippen LogP contribution in [0, 0.1) is 10.1 Å². The highest BCUT2D eigenvalue weighted by molar-refractivity contribution is 7.10. The van der Waals surface area contributed by atoms with Crippen LogP contribution in [0.2, 0.25) is 0 Å². The number of nitrogens with one attached hydrogen (secondary N) is 1. The lowest BCUT2D eigenvalue weighted by Crippen LogP contribution is -2.43. The summed E-state index contributed by atoms with van der Waals surface area (Å²) >= 11 is 1.68. The van der Waals surface area contributed by atoms with E-state index in [4.69, 9.17) is 4.74 Å². The number of thiophene rings is 1. The van der Waals surface area contributed by atoms with E-state index in [1.54, 1.807) is 29.5 Å². The molecule has 1 aromatic heterocycles. The largest absolute Gasteiger partial charge is 0.379 e. The van der Waals surface area contributed by atoms with Crippen LogP contribution in [0.1, 0.15) is 16.5 Å². The van der Waals surface area contributed by atoms with E-state index in [2.05, 4.69) is 16.3 Å². The highest BCUT2D eigenvalue weighted by Gasteiger charge is 2.23. The minimum absolute atomic E-state index is 0.00244. The number of nitro benzene ring substituents is 1. The molecule has 142 valence electrons. The van der Waals surface area contributed by atoms with Crippen molar-refractivity contribution in [3.05, 3.63) is 68.4 Å². The average molecular weight is 387 g/mol. The predicted molar refractivity (Wildman–Crippen MR) is 105 cm³/mol. The van der Waals surface area contributed by atoms with Crippen molar-refractivity contribution < 1.29 is 14.5 Å². The van der Waals surface area contributed by atoms with Gasteiger partial charge in [0, 0.05) is 42.7 Å². The number of nitro groups is 1. The molecule has 8 heteroatoms. The van der Waals surface area contributed by atoms with Crippen molar-refractivity contribution in [3.8, 4) is 0 Å². The van der Waals surface area contributed by atoms with Gasteiger partial charge >= 0.3 is 0 Å². The van der Waals surface area contributed by atoms with Crippen LogP contribution in [0.4, 0.5) is 5.69 Å². The monoisotopic (exact) mass is 387 g/mol. The molecule has 1 aromatic carbocycles. The zero-order chi connectivity index (χ0) is 19.1. The summed E-state index contributed by atoms with van der Waals surface area (Å²) in [5.41, 5.74) is 0.616. The Kier molecular flexibility index (Phi) is 6.69. The molecule has 27 heavy (non-hydrogen) atoms. The second kappa shape index (κ2) is 9.40. The molecule has 1 fully saturated rings. The van der Waals surface area contributed by atoms with Crippen LogP contribution >= 0.6 is 11.3 Å². The van der Waals surface area contributed by atoms with Gasteiger partial charge in [0.15, 0.2) is 0 Å². The molecule has 2 aromatic rings. The lowest BCUT2D eigenvalue weighted by Gasteiger charge is -2.34. The number of hydrogen-bond donors (Lipinski definition) is 1. The molecule has 1 amide bonds. The van der Waals surface area contributed by atoms with Crippen molar-refractivity contribution in [1.29, 1.82) is 0 Å². The van der Waals surface area contributed by atoms with Gasteiger partial charge < -0.3 is 10.1 Å². The Bertz CT molecular complexity index is 801. The third-order valence-corrected chi connectivity index (χ3v) is 5.31. The van der Waals surface area contributed by atoms with E-state index in [9.17, 15) is 14.9 Å². The van der Waals surface area contributed by atoms with Crippen molar-refractivity contribution in [2.24, 2.45) is 0 Å². The van der Waals surface area contributed by atoms with Crippen LogP contribution in [0.3, 0.4) is 0 Å². The number of nitrogens with zero attached hydrogens (tertiary/aromatic N) is 2. The molecule has 3 rings (SSSR count). The standard InChI is InChI=1S/C19H21N3O4S/c23-19(7-6-15-3-1-4-16(13-15)22(24)25)20-14-17(18-5-2-12-27-18)21-8-10-26-11-9-21/h1-7,12-13,17H,8-11,14H2,(H,20,23)/b7-6+/t17-/m0/s1. The van der Waals surface area contributed by atoms with E-state index >= 15 is 0 Å². The quantitative estimate of drug-likeness (QED) is 0.449. The number of benzene rings is 1. The van der Waals surface area contributed by atoms with E-state index in [1.807, 2.05) is 11.4 Å². The van der Waals surface area contributed by atoms with Crippen LogP contribution in [0.25, 0.3) is 6.08 Å². The Morgan fingerprint density at radius 2 is 2.15 bits per heavy atom. The summed E-state index contributed by atoms with van der Waals surface area (Å²) in [5.74, 6) is -0.226. The molecule has 0 aliphatic carbocycles. The van der Waals surface area contributed by atoms with Gasteiger partial charge in [0.2, 0.25) is 5.91 Å². The maximum absolute atomic E-state index is 12.2. The summed E-state index contributed by atoms with van der Waals surface area (Å²) in [7, 11) is 0. The molecule has 0 bridgehead atoms. The van der Waals surface area contributed by atoms with Gasteiger partial charge in [-0.05, 0) is 23.1 Å². The number of amides is 1. The fourth-order valence-electron chi connectivity index (χ4n) is 2.95. The average Bonchev–Trinajstić information content (AvgIpc) is 3.22. The number of morpholine rings is 1. The smallest absolute Gasteiger partial charge is 0.270 e. The predicted octanol–water partition coefficient (Wildman–Crippen LogP) is 2.86. The zero-order valence-electron chi connectivity index (χ0n) is 14.7. The first-order valence-corrected chi connectivity index (χ1v) is 9.57. The number of carbonyl (C=O) groups is 1. The maximum atomic E-state index is 12.2. The number of hydrogen-bond acceptors (Lipinski definition) is 6. The molecule has 1 aliphatic heterocycles. The Hall–Kier alpha value is -2.55. The molecule has 1 saturated heterocycles. The third-order valence-electron chi connectivity index (χ3n) is 4.34. The first kappa shape index (κ1) is 19.2. The van der Waals surface area contributed by atoms with Crippen LogP contribution in [-0.4, -0.2) is 48.6 Å². The molecule has 0 spiro atoms. The highest BCUT2D eigenvalue weighted by atomic mass is 32.1. The normalized spacial score (nSPS) is 16.3. The van der Waals surface area contributed by atoms with Crippen LogP contribution < -0.4 is 5.32 Å². The van der Waals surface area contributed by atoms with Gasteiger partial charge in [-0.25, -0.2) is 0 Å². The molecule has 1 N–H and O–H groups in total. The maximum Gasteiger partial charge on any atom is 0.270 e. The molecule has 1 aliphatic rings. The Balaban J connectivity index is 1.60. The SMILES string of the molecule is O=C(/C=C/c1cccc([N+](=O)[O-])c1)NC[C@@H](c1cccs1)N1CCOCC1. The second-order valence-electron chi connectivity index (χ2n) is 6.11. The molecule has 1 atom stereocenters. The van der Waals surface area contributed by atoms with Gasteiger partial charge in [-0.2, -0.15) is 0 Å². The van der Waals surface area contributed by atoms with Crippen LogP contribution in [0.5, 0.6) is 0 Å². The fraction of sp³-hybridized carbons (Fsp3) is 0.316. The summed E-state index contributed by atoms with van der Waals surface area (Å²) in [6, 6.07) is 10.4. The molecule has 7 nitrogen and oxygen atoms in total. The first-order valence-electron chi connectivity index (χ1n) is 8.69. The van der Waals surface area contributed by atoms with Gasteiger partial charge in [0.1, 0.15) is 0 Å². The van der Waals surface area contributed by atoms with Gasteiger partial charge in [-0.15, -0.1) is 11.3 Å². The summed E-state index contributed by atoms with van der Waals surface area (Å²) in [6.45, 7) is 3.56. The molecule has 0 radical (unpaired) electrons. The van der Waals surface area contributed by atoms with Gasteiger partial charge in [0.25, 0.3) is 5.69 Å². The van der Waals surface area contributed by atoms with Gasteiger partial charge in [-0.3, -0.25) is 19.8 Å². The summed E-state index contributed by atoms with van der Waals surface area (Å²) in [4.78, 5) is 26.1. The van der Waals surface area contributed by atoms with E-state index in [1.165, 1.54) is 23.1 Å². The Labute approximate surface area is 161 Å². The summed E-state index contributed by atoms with van der Waals surface area (Å²) in [5, 5.41) is 15.8. The van der Waals surface area contributed by atoms with Crippen molar-refractivity contribution in [2.45, 2.75) is 6.04 Å². The zero-order valence-corrected chi connectivity index (χ0v) is 15.6. The molecule has 0 saturated carbocycles. The van der Waals surface area contributed by atoms with E-state index in [-0.39, 0.29) is 17.6 Å². The van der Waals surface area contributed by atoms with E-state index < -0.39 is 4.92 Å². The van der Waals surface area contributed by atoms with Gasteiger partial charge in [0.05, 0.1) is 24.2 Å². The Morgan fingerprint density at radius 1 is 1.33 bits per heavy atom. The summed E-state index contributed by atoms with van der Waals surface area (Å²) < 4.78 is 5.42. The lowest BCUT2D eigenvalue weighted by molar-refractivity contribution is -0.384. The van der Waals surface area contributed by atoms with Gasteiger partial charge in [-0.1, -0.05) is 18.2 Å². The topological polar surface area (TPSA) is 84.7 Å². The number of ether oxygens (including phenoxy) is 1. The summed E-state index contributed by atoms with van der Waals surface area (Å²) in [6.07, 6.45) is 2.99. The number of rotatable bonds is 7. The lowest BCUT2D eigenvalue weighted by atomic mass is 10.1. The Morgan fingerprint density at radius 3 is 2.85 bits per heavy atom. The van der Waals surface area contributed by atoms with E-state index in [0.29, 0.717) is 25.3 Å². The number of non-ortho nitro benzene ring substituents is 1. The minimum atomic E-state index is -0.453. The number of carbonyl (C=O) groups excluding carboxylic acids is 1. The fourth-order valence-corrected chi connectivity index (χ4v) is 3.81. The first-order chi connectivity index (χ1) is 13.1. The molecular weight excluding hydrogens is 366 g/mol. The van der Waals surface area contributed by atoms with Crippen molar-refractivity contribution in [1.82, 2.24) is 10.2 Å². The molecule has 2 heterocycles. The highest BCUT2D eigenvalue weighted by Crippen LogP contribution is 2.25. The third kappa shape index (κ3) is 5.46. The molecular formula is C19H21N3O4S. The second-order valence-corrected chi connectivity index (χ2v) is 7.09. The van der Waals surface area contributed by atoms with Crippen molar-refractivity contribution >= 4 is 29.0 Å². The van der Waals surface area contributed by atoms with Crippen molar-refractivity contribution in [2.75, 3.05) is 32.8 Å². The van der Waals surface area contributed by atoms with Crippen molar-refractivity contribution in [3.63, 3.8) is 0 Å².